The van der Waals surface area contributed by atoms with Crippen molar-refractivity contribution < 1.29 is 26.7 Å². The second-order valence-corrected chi connectivity index (χ2v) is 8.24. The molecule has 1 atom stereocenters. The van der Waals surface area contributed by atoms with E-state index >= 15 is 0 Å². The summed E-state index contributed by atoms with van der Waals surface area (Å²) in [5.41, 5.74) is 0. The summed E-state index contributed by atoms with van der Waals surface area (Å²) < 4.78 is 49.8. The van der Waals surface area contributed by atoms with Gasteiger partial charge in [0.05, 0.1) is 11.5 Å². The average molecular weight is 330 g/mol. The van der Waals surface area contributed by atoms with Crippen LogP contribution in [0.15, 0.2) is 0 Å². The molecular formula is C10H22N2O6S2. The Morgan fingerprint density at radius 2 is 1.75 bits per heavy atom. The van der Waals surface area contributed by atoms with Gasteiger partial charge in [-0.05, 0) is 13.3 Å². The predicted octanol–water partition coefficient (Wildman–Crippen LogP) is -0.511. The molecule has 0 bridgehead atoms. The van der Waals surface area contributed by atoms with Crippen molar-refractivity contribution in [3.8, 4) is 0 Å². The van der Waals surface area contributed by atoms with Crippen LogP contribution in [0, 0.1) is 0 Å². The number of unbranched alkanes of at least 4 members (excludes halogenated alkanes) is 1. The van der Waals surface area contributed by atoms with Crippen LogP contribution >= 0.6 is 0 Å². The Morgan fingerprint density at radius 1 is 1.15 bits per heavy atom. The molecule has 0 fully saturated rings. The van der Waals surface area contributed by atoms with Crippen LogP contribution in [0.2, 0.25) is 0 Å². The third kappa shape index (κ3) is 8.46. The quantitative estimate of drug-likeness (QED) is 0.468. The molecule has 3 N–H and O–H groups in total. The number of rotatable bonds is 11. The van der Waals surface area contributed by atoms with E-state index in [0.717, 1.165) is 6.42 Å². The van der Waals surface area contributed by atoms with Crippen LogP contribution < -0.4 is 9.44 Å². The monoisotopic (exact) mass is 330 g/mol. The zero-order valence-electron chi connectivity index (χ0n) is 11.6. The highest BCUT2D eigenvalue weighted by molar-refractivity contribution is 7.90. The van der Waals surface area contributed by atoms with E-state index in [9.17, 15) is 21.6 Å². The minimum Gasteiger partial charge on any atom is -0.480 e. The van der Waals surface area contributed by atoms with Crippen LogP contribution in [0.3, 0.4) is 0 Å². The first-order chi connectivity index (χ1) is 9.13. The fourth-order valence-corrected chi connectivity index (χ4v) is 3.24. The van der Waals surface area contributed by atoms with E-state index in [4.69, 9.17) is 5.11 Å². The zero-order valence-corrected chi connectivity index (χ0v) is 13.3. The number of aliphatic carboxylic acids is 1. The van der Waals surface area contributed by atoms with E-state index in [1.54, 1.807) is 0 Å². The first-order valence-corrected chi connectivity index (χ1v) is 9.64. The predicted molar refractivity (Wildman–Crippen MR) is 75.3 cm³/mol. The lowest BCUT2D eigenvalue weighted by Gasteiger charge is -2.14. The van der Waals surface area contributed by atoms with Crippen molar-refractivity contribution in [1.29, 1.82) is 0 Å². The van der Waals surface area contributed by atoms with Crippen molar-refractivity contribution in [3.05, 3.63) is 0 Å². The van der Waals surface area contributed by atoms with E-state index in [-0.39, 0.29) is 18.7 Å². The normalized spacial score (nSPS) is 14.1. The fraction of sp³-hybridized carbons (Fsp3) is 0.900. The van der Waals surface area contributed by atoms with Gasteiger partial charge < -0.3 is 5.11 Å². The number of carboxylic acid groups (broad SMARTS) is 1. The number of sulfonamides is 2. The topological polar surface area (TPSA) is 130 Å². The van der Waals surface area contributed by atoms with E-state index < -0.39 is 37.8 Å². The Balaban J connectivity index is 4.45. The Hall–Kier alpha value is -0.710. The molecule has 0 aromatic heterocycles. The lowest BCUT2D eigenvalue weighted by Crippen LogP contribution is -2.43. The standard InChI is InChI=1S/C10H22N2O6S2/c1-3-5-6-9(10(13)14)12-20(17,18)8-7-11-19(15,16)4-2/h9,11-12H,3-8H2,1-2H3,(H,13,14). The summed E-state index contributed by atoms with van der Waals surface area (Å²) in [5.74, 6) is -1.88. The number of hydrogen-bond donors (Lipinski definition) is 3. The Morgan fingerprint density at radius 3 is 2.20 bits per heavy atom. The molecule has 10 heteroatoms. The van der Waals surface area contributed by atoms with Crippen LogP contribution in [-0.2, 0) is 24.8 Å². The molecule has 0 aliphatic carbocycles. The Labute approximate surface area is 120 Å². The second-order valence-electron chi connectivity index (χ2n) is 4.27. The maximum Gasteiger partial charge on any atom is 0.321 e. The van der Waals surface area contributed by atoms with Gasteiger partial charge >= 0.3 is 5.97 Å². The molecule has 0 aromatic rings. The first-order valence-electron chi connectivity index (χ1n) is 6.33. The molecule has 1 unspecified atom stereocenters. The van der Waals surface area contributed by atoms with Gasteiger partial charge in [0, 0.05) is 6.54 Å². The van der Waals surface area contributed by atoms with Crippen LogP contribution in [0.25, 0.3) is 0 Å². The molecule has 20 heavy (non-hydrogen) atoms. The van der Waals surface area contributed by atoms with Crippen molar-refractivity contribution in [3.63, 3.8) is 0 Å². The van der Waals surface area contributed by atoms with Crippen molar-refractivity contribution >= 4 is 26.0 Å². The molecular weight excluding hydrogens is 308 g/mol. The molecule has 0 rings (SSSR count). The van der Waals surface area contributed by atoms with Gasteiger partial charge in [-0.25, -0.2) is 26.3 Å². The van der Waals surface area contributed by atoms with Crippen molar-refractivity contribution in [2.45, 2.75) is 39.2 Å². The minimum absolute atomic E-state index is 0.144. The molecule has 0 heterocycles. The van der Waals surface area contributed by atoms with Gasteiger partial charge in [-0.1, -0.05) is 19.8 Å². The number of carbonyl (C=O) groups is 1. The lowest BCUT2D eigenvalue weighted by molar-refractivity contribution is -0.139. The van der Waals surface area contributed by atoms with Gasteiger partial charge in [0.25, 0.3) is 0 Å². The van der Waals surface area contributed by atoms with Gasteiger partial charge in [0.1, 0.15) is 6.04 Å². The molecule has 0 aliphatic heterocycles. The maximum atomic E-state index is 11.7. The van der Waals surface area contributed by atoms with Crippen molar-refractivity contribution in [2.75, 3.05) is 18.1 Å². The molecule has 0 radical (unpaired) electrons. The van der Waals surface area contributed by atoms with Crippen molar-refractivity contribution in [2.24, 2.45) is 0 Å². The van der Waals surface area contributed by atoms with Gasteiger partial charge in [0.2, 0.25) is 20.0 Å². The zero-order chi connectivity index (χ0) is 15.8. The van der Waals surface area contributed by atoms with Gasteiger partial charge in [-0.2, -0.15) is 0 Å². The summed E-state index contributed by atoms with van der Waals surface area (Å²) in [6, 6.07) is -1.18. The SMILES string of the molecule is CCCCC(NS(=O)(=O)CCNS(=O)(=O)CC)C(=O)O. The summed E-state index contributed by atoms with van der Waals surface area (Å²) in [4.78, 5) is 10.9. The van der Waals surface area contributed by atoms with Gasteiger partial charge in [-0.3, -0.25) is 4.79 Å². The number of nitrogens with one attached hydrogen (secondary N) is 2. The molecule has 0 saturated carbocycles. The molecule has 8 nitrogen and oxygen atoms in total. The summed E-state index contributed by atoms with van der Waals surface area (Å²) in [7, 11) is -7.30. The smallest absolute Gasteiger partial charge is 0.321 e. The summed E-state index contributed by atoms with van der Waals surface area (Å²) in [5, 5.41) is 8.92. The van der Waals surface area contributed by atoms with E-state index in [1.807, 2.05) is 6.92 Å². The number of hydrogen-bond acceptors (Lipinski definition) is 5. The molecule has 0 aromatic carbocycles. The molecule has 0 spiro atoms. The highest BCUT2D eigenvalue weighted by atomic mass is 32.2. The highest BCUT2D eigenvalue weighted by Crippen LogP contribution is 2.02. The van der Waals surface area contributed by atoms with Crippen LogP contribution in [0.5, 0.6) is 0 Å². The summed E-state index contributed by atoms with van der Waals surface area (Å²) in [6.45, 7) is 3.01. The van der Waals surface area contributed by atoms with E-state index in [1.165, 1.54) is 6.92 Å². The van der Waals surface area contributed by atoms with Gasteiger partial charge in [-0.15, -0.1) is 0 Å². The van der Waals surface area contributed by atoms with E-state index in [0.29, 0.717) is 6.42 Å². The van der Waals surface area contributed by atoms with E-state index in [2.05, 4.69) is 9.44 Å². The Kier molecular flexibility index (Phi) is 8.25. The molecule has 120 valence electrons. The highest BCUT2D eigenvalue weighted by Gasteiger charge is 2.23. The van der Waals surface area contributed by atoms with Crippen LogP contribution in [0.4, 0.5) is 0 Å². The summed E-state index contributed by atoms with van der Waals surface area (Å²) in [6.07, 6.45) is 1.54. The largest absolute Gasteiger partial charge is 0.480 e. The first kappa shape index (κ1) is 19.3. The maximum absolute atomic E-state index is 11.7. The minimum atomic E-state index is -3.84. The Bertz CT molecular complexity index is 500. The van der Waals surface area contributed by atoms with Gasteiger partial charge in [0.15, 0.2) is 0 Å². The number of carboxylic acids is 1. The third-order valence-corrected chi connectivity index (χ3v) is 5.33. The average Bonchev–Trinajstić information content (AvgIpc) is 2.33. The van der Waals surface area contributed by atoms with Crippen LogP contribution in [0.1, 0.15) is 33.1 Å². The second kappa shape index (κ2) is 8.55. The fourth-order valence-electron chi connectivity index (χ4n) is 1.35. The molecule has 0 aliphatic rings. The van der Waals surface area contributed by atoms with Crippen LogP contribution in [-0.4, -0.2) is 52.0 Å². The molecule has 0 saturated heterocycles. The van der Waals surface area contributed by atoms with Crippen molar-refractivity contribution in [1.82, 2.24) is 9.44 Å². The molecule has 0 amide bonds. The summed E-state index contributed by atoms with van der Waals surface area (Å²) >= 11 is 0. The lowest BCUT2D eigenvalue weighted by atomic mass is 10.1. The third-order valence-electron chi connectivity index (χ3n) is 2.54.